The maximum Gasteiger partial charge on any atom is 0.337 e. The highest BCUT2D eigenvalue weighted by Crippen LogP contribution is 2.25. The van der Waals surface area contributed by atoms with E-state index in [0.717, 1.165) is 13.0 Å². The lowest BCUT2D eigenvalue weighted by Gasteiger charge is -2.17. The lowest BCUT2D eigenvalue weighted by Crippen LogP contribution is -2.34. The molecule has 7 heteroatoms. The van der Waals surface area contributed by atoms with E-state index in [1.165, 1.54) is 7.11 Å². The van der Waals surface area contributed by atoms with E-state index in [9.17, 15) is 14.4 Å². The van der Waals surface area contributed by atoms with Crippen molar-refractivity contribution < 1.29 is 19.1 Å². The molecule has 2 rings (SSSR count). The summed E-state index contributed by atoms with van der Waals surface area (Å²) in [4.78, 5) is 39.6. The third-order valence-corrected chi connectivity index (χ3v) is 4.18. The van der Waals surface area contributed by atoms with Gasteiger partial charge < -0.3 is 19.9 Å². The number of rotatable bonds is 7. The standard InChI is InChI=1S/C18H25N3O4/c1-20(2)10-4-9-19-17(23)14-11-16(22)21(12-14)15-7-5-13(6-8-15)18(24)25-3/h5-8,14H,4,9-12H2,1-3H3,(H,19,23). The molecule has 7 nitrogen and oxygen atoms in total. The minimum absolute atomic E-state index is 0.0826. The Labute approximate surface area is 147 Å². The fourth-order valence-electron chi connectivity index (χ4n) is 2.78. The van der Waals surface area contributed by atoms with E-state index in [-0.39, 0.29) is 24.2 Å². The zero-order valence-corrected chi connectivity index (χ0v) is 14.9. The van der Waals surface area contributed by atoms with Gasteiger partial charge in [0.1, 0.15) is 0 Å². The van der Waals surface area contributed by atoms with E-state index in [1.54, 1.807) is 29.2 Å². The van der Waals surface area contributed by atoms with Gasteiger partial charge in [-0.15, -0.1) is 0 Å². The minimum Gasteiger partial charge on any atom is -0.465 e. The van der Waals surface area contributed by atoms with Gasteiger partial charge in [-0.05, 0) is 51.3 Å². The number of ether oxygens (including phenoxy) is 1. The molecule has 1 aromatic carbocycles. The maximum absolute atomic E-state index is 12.2. The predicted molar refractivity (Wildman–Crippen MR) is 94.4 cm³/mol. The van der Waals surface area contributed by atoms with Crippen LogP contribution in [0.15, 0.2) is 24.3 Å². The van der Waals surface area contributed by atoms with Gasteiger partial charge in [-0.3, -0.25) is 9.59 Å². The van der Waals surface area contributed by atoms with Gasteiger partial charge in [-0.2, -0.15) is 0 Å². The summed E-state index contributed by atoms with van der Waals surface area (Å²) in [7, 11) is 5.30. The molecule has 1 heterocycles. The van der Waals surface area contributed by atoms with Crippen LogP contribution in [0, 0.1) is 5.92 Å². The number of esters is 1. The first-order valence-electron chi connectivity index (χ1n) is 8.33. The van der Waals surface area contributed by atoms with Crippen molar-refractivity contribution in [2.75, 3.05) is 45.7 Å². The van der Waals surface area contributed by atoms with Crippen LogP contribution >= 0.6 is 0 Å². The van der Waals surface area contributed by atoms with Crippen LogP contribution in [0.3, 0.4) is 0 Å². The Morgan fingerprint density at radius 3 is 2.56 bits per heavy atom. The molecule has 0 aliphatic carbocycles. The Morgan fingerprint density at radius 1 is 1.28 bits per heavy atom. The molecule has 1 unspecified atom stereocenters. The minimum atomic E-state index is -0.422. The van der Waals surface area contributed by atoms with Crippen molar-refractivity contribution in [3.05, 3.63) is 29.8 Å². The van der Waals surface area contributed by atoms with Crippen LogP contribution in [0.25, 0.3) is 0 Å². The highest BCUT2D eigenvalue weighted by atomic mass is 16.5. The second-order valence-corrected chi connectivity index (χ2v) is 6.39. The fourth-order valence-corrected chi connectivity index (χ4v) is 2.78. The number of nitrogens with one attached hydrogen (secondary N) is 1. The van der Waals surface area contributed by atoms with Crippen molar-refractivity contribution >= 4 is 23.5 Å². The second kappa shape index (κ2) is 8.62. The monoisotopic (exact) mass is 347 g/mol. The molecule has 1 aliphatic heterocycles. The molecule has 25 heavy (non-hydrogen) atoms. The highest BCUT2D eigenvalue weighted by molar-refractivity contribution is 6.00. The molecule has 1 N–H and O–H groups in total. The molecule has 0 bridgehead atoms. The second-order valence-electron chi connectivity index (χ2n) is 6.39. The molecular weight excluding hydrogens is 322 g/mol. The number of amides is 2. The van der Waals surface area contributed by atoms with Crippen molar-refractivity contribution in [1.82, 2.24) is 10.2 Å². The zero-order chi connectivity index (χ0) is 18.4. The Morgan fingerprint density at radius 2 is 1.96 bits per heavy atom. The number of anilines is 1. The normalized spacial score (nSPS) is 17.0. The Hall–Kier alpha value is -2.41. The van der Waals surface area contributed by atoms with Gasteiger partial charge in [0.25, 0.3) is 0 Å². The van der Waals surface area contributed by atoms with Gasteiger partial charge in [0.15, 0.2) is 0 Å². The summed E-state index contributed by atoms with van der Waals surface area (Å²) in [5.74, 6) is -0.929. The SMILES string of the molecule is COC(=O)c1ccc(N2CC(C(=O)NCCCN(C)C)CC2=O)cc1. The molecule has 1 aliphatic rings. The molecule has 1 fully saturated rings. The van der Waals surface area contributed by atoms with E-state index in [0.29, 0.717) is 24.3 Å². The van der Waals surface area contributed by atoms with Gasteiger partial charge in [0.05, 0.1) is 18.6 Å². The first-order chi connectivity index (χ1) is 11.9. The van der Waals surface area contributed by atoms with Gasteiger partial charge in [0.2, 0.25) is 11.8 Å². The summed E-state index contributed by atoms with van der Waals surface area (Å²) < 4.78 is 4.66. The number of carbonyl (C=O) groups is 3. The summed E-state index contributed by atoms with van der Waals surface area (Å²) in [5, 5.41) is 2.90. The summed E-state index contributed by atoms with van der Waals surface area (Å²) in [6, 6.07) is 6.62. The summed E-state index contributed by atoms with van der Waals surface area (Å²) in [6.45, 7) is 1.87. The summed E-state index contributed by atoms with van der Waals surface area (Å²) in [6.07, 6.45) is 1.08. The van der Waals surface area contributed by atoms with E-state index in [4.69, 9.17) is 0 Å². The Balaban J connectivity index is 1.91. The van der Waals surface area contributed by atoms with E-state index < -0.39 is 5.97 Å². The van der Waals surface area contributed by atoms with Crippen molar-refractivity contribution in [1.29, 1.82) is 0 Å². The molecule has 2 amide bonds. The average Bonchev–Trinajstić information content (AvgIpc) is 2.99. The number of nitrogens with zero attached hydrogens (tertiary/aromatic N) is 2. The smallest absolute Gasteiger partial charge is 0.337 e. The molecule has 136 valence electrons. The molecule has 0 spiro atoms. The topological polar surface area (TPSA) is 79.0 Å². The molecular formula is C18H25N3O4. The van der Waals surface area contributed by atoms with Crippen molar-refractivity contribution in [3.8, 4) is 0 Å². The number of hydrogen-bond donors (Lipinski definition) is 1. The fraction of sp³-hybridized carbons (Fsp3) is 0.500. The van der Waals surface area contributed by atoms with Crippen LogP contribution in [0.1, 0.15) is 23.2 Å². The Kier molecular flexibility index (Phi) is 6.52. The lowest BCUT2D eigenvalue weighted by atomic mass is 10.1. The Bertz CT molecular complexity index is 628. The molecule has 1 aromatic rings. The summed E-state index contributed by atoms with van der Waals surface area (Å²) >= 11 is 0. The first kappa shape index (κ1) is 18.9. The number of benzene rings is 1. The largest absolute Gasteiger partial charge is 0.465 e. The van der Waals surface area contributed by atoms with E-state index >= 15 is 0 Å². The van der Waals surface area contributed by atoms with Crippen molar-refractivity contribution in [3.63, 3.8) is 0 Å². The summed E-state index contributed by atoms with van der Waals surface area (Å²) in [5.41, 5.74) is 1.11. The van der Waals surface area contributed by atoms with Gasteiger partial charge in [0, 0.05) is 25.2 Å². The average molecular weight is 347 g/mol. The third-order valence-electron chi connectivity index (χ3n) is 4.18. The first-order valence-corrected chi connectivity index (χ1v) is 8.33. The predicted octanol–water partition coefficient (Wildman–Crippen LogP) is 0.894. The van der Waals surface area contributed by atoms with Crippen molar-refractivity contribution in [2.45, 2.75) is 12.8 Å². The molecule has 0 radical (unpaired) electrons. The van der Waals surface area contributed by atoms with Crippen LogP contribution in [0.5, 0.6) is 0 Å². The van der Waals surface area contributed by atoms with Crippen LogP contribution in [0.2, 0.25) is 0 Å². The quantitative estimate of drug-likeness (QED) is 0.585. The van der Waals surface area contributed by atoms with Crippen LogP contribution in [0.4, 0.5) is 5.69 Å². The van der Waals surface area contributed by atoms with Gasteiger partial charge in [-0.25, -0.2) is 4.79 Å². The third kappa shape index (κ3) is 5.03. The highest BCUT2D eigenvalue weighted by Gasteiger charge is 2.34. The zero-order valence-electron chi connectivity index (χ0n) is 14.9. The molecule has 1 atom stereocenters. The van der Waals surface area contributed by atoms with E-state index in [2.05, 4.69) is 15.0 Å². The molecule has 0 saturated carbocycles. The van der Waals surface area contributed by atoms with Gasteiger partial charge in [-0.1, -0.05) is 0 Å². The molecule has 1 saturated heterocycles. The van der Waals surface area contributed by atoms with Crippen LogP contribution in [-0.4, -0.2) is 63.5 Å². The maximum atomic E-state index is 12.2. The number of methoxy groups -OCH3 is 1. The van der Waals surface area contributed by atoms with Gasteiger partial charge >= 0.3 is 5.97 Å². The van der Waals surface area contributed by atoms with E-state index in [1.807, 2.05) is 14.1 Å². The lowest BCUT2D eigenvalue weighted by molar-refractivity contribution is -0.126. The number of carbonyl (C=O) groups excluding carboxylic acids is 3. The number of hydrogen-bond acceptors (Lipinski definition) is 5. The van der Waals surface area contributed by atoms with Crippen LogP contribution in [-0.2, 0) is 14.3 Å². The molecule has 0 aromatic heterocycles. The van der Waals surface area contributed by atoms with Crippen molar-refractivity contribution in [2.24, 2.45) is 5.92 Å². The van der Waals surface area contributed by atoms with Crippen LogP contribution < -0.4 is 10.2 Å².